The zero-order valence-electron chi connectivity index (χ0n) is 9.33. The van der Waals surface area contributed by atoms with E-state index in [1.54, 1.807) is 6.92 Å². The maximum absolute atomic E-state index is 10.8. The van der Waals surface area contributed by atoms with Crippen molar-refractivity contribution in [2.75, 3.05) is 20.1 Å². The van der Waals surface area contributed by atoms with Crippen LogP contribution in [0.15, 0.2) is 0 Å². The molecule has 82 valence electrons. The quantitative estimate of drug-likeness (QED) is 0.733. The summed E-state index contributed by atoms with van der Waals surface area (Å²) in [6, 6.07) is 0.229. The Balaban J connectivity index is 2.23. The molecule has 1 fully saturated rings. The lowest BCUT2D eigenvalue weighted by molar-refractivity contribution is -0.117. The third-order valence-corrected chi connectivity index (χ3v) is 3.20. The Bertz CT molecular complexity index is 186. The average Bonchev–Trinajstić information content (AvgIpc) is 2.15. The molecule has 1 atom stereocenters. The fourth-order valence-electron chi connectivity index (χ4n) is 2.06. The summed E-state index contributed by atoms with van der Waals surface area (Å²) in [7, 11) is 2.15. The first-order valence-corrected chi connectivity index (χ1v) is 5.53. The molecule has 3 nitrogen and oxygen atoms in total. The first-order chi connectivity index (χ1) is 6.59. The molecule has 0 saturated carbocycles. The van der Waals surface area contributed by atoms with Crippen LogP contribution in [-0.2, 0) is 4.79 Å². The number of rotatable bonds is 4. The van der Waals surface area contributed by atoms with E-state index in [1.165, 1.54) is 12.8 Å². The van der Waals surface area contributed by atoms with Crippen molar-refractivity contribution in [2.24, 2.45) is 11.7 Å². The molecule has 1 saturated heterocycles. The number of carbonyl (C=O) groups excluding carboxylic acids is 1. The van der Waals surface area contributed by atoms with Gasteiger partial charge >= 0.3 is 0 Å². The highest BCUT2D eigenvalue weighted by molar-refractivity contribution is 5.75. The van der Waals surface area contributed by atoms with Gasteiger partial charge < -0.3 is 15.4 Å². The van der Waals surface area contributed by atoms with Gasteiger partial charge in [-0.1, -0.05) is 0 Å². The molecule has 2 N–H and O–H groups in total. The van der Waals surface area contributed by atoms with E-state index in [-0.39, 0.29) is 11.8 Å². The predicted molar refractivity (Wildman–Crippen MR) is 58.1 cm³/mol. The van der Waals surface area contributed by atoms with Crippen LogP contribution in [0, 0.1) is 5.92 Å². The fourth-order valence-corrected chi connectivity index (χ4v) is 2.06. The van der Waals surface area contributed by atoms with Gasteiger partial charge in [0.15, 0.2) is 0 Å². The molecule has 0 aromatic rings. The number of nitrogens with two attached hydrogens (primary N) is 1. The summed E-state index contributed by atoms with van der Waals surface area (Å²) in [6.45, 7) is 3.94. The molecule has 0 amide bonds. The normalized spacial score (nSPS) is 22.2. The first-order valence-electron chi connectivity index (χ1n) is 5.53. The minimum absolute atomic E-state index is 0.229. The molecule has 14 heavy (non-hydrogen) atoms. The summed E-state index contributed by atoms with van der Waals surface area (Å²) < 4.78 is 0. The number of ketones is 1. The number of hydrogen-bond acceptors (Lipinski definition) is 3. The van der Waals surface area contributed by atoms with Crippen molar-refractivity contribution in [2.45, 2.75) is 38.6 Å². The van der Waals surface area contributed by atoms with E-state index in [9.17, 15) is 4.79 Å². The van der Waals surface area contributed by atoms with Crippen LogP contribution in [0.25, 0.3) is 0 Å². The molecular weight excluding hydrogens is 176 g/mol. The molecule has 3 heteroatoms. The van der Waals surface area contributed by atoms with Crippen molar-refractivity contribution < 1.29 is 4.79 Å². The molecule has 0 aromatic carbocycles. The van der Waals surface area contributed by atoms with Crippen molar-refractivity contribution in [3.63, 3.8) is 0 Å². The van der Waals surface area contributed by atoms with Crippen molar-refractivity contribution in [3.05, 3.63) is 0 Å². The largest absolute Gasteiger partial charge is 0.327 e. The summed E-state index contributed by atoms with van der Waals surface area (Å²) in [5, 5.41) is 0. The monoisotopic (exact) mass is 198 g/mol. The molecule has 0 aromatic heterocycles. The van der Waals surface area contributed by atoms with E-state index >= 15 is 0 Å². The lowest BCUT2D eigenvalue weighted by atomic mass is 9.87. The molecule has 0 radical (unpaired) electrons. The number of carbonyl (C=O) groups is 1. The van der Waals surface area contributed by atoms with Crippen LogP contribution >= 0.6 is 0 Å². The Hall–Kier alpha value is -0.410. The molecule has 1 heterocycles. The van der Waals surface area contributed by atoms with Crippen LogP contribution in [-0.4, -0.2) is 36.9 Å². The molecular formula is C11H22N2O. The van der Waals surface area contributed by atoms with Gasteiger partial charge in [0.25, 0.3) is 0 Å². The number of likely N-dealkylation sites (tertiary alicyclic amines) is 1. The summed E-state index contributed by atoms with van der Waals surface area (Å²) in [5.41, 5.74) is 6.07. The van der Waals surface area contributed by atoms with Gasteiger partial charge in [0.1, 0.15) is 5.78 Å². The number of hydrogen-bond donors (Lipinski definition) is 1. The molecule has 0 aliphatic carbocycles. The highest BCUT2D eigenvalue weighted by Gasteiger charge is 2.22. The summed E-state index contributed by atoms with van der Waals surface area (Å²) in [5.74, 6) is 0.888. The Kier molecular flexibility index (Phi) is 4.55. The number of piperidine rings is 1. The lowest BCUT2D eigenvalue weighted by Crippen LogP contribution is -2.39. The zero-order valence-corrected chi connectivity index (χ0v) is 9.33. The second-order valence-electron chi connectivity index (χ2n) is 4.55. The van der Waals surface area contributed by atoms with Crippen molar-refractivity contribution >= 4 is 5.78 Å². The first kappa shape index (κ1) is 11.7. The number of Topliss-reactive ketones (excluding diaryl/α,β-unsaturated/α-hetero) is 1. The van der Waals surface area contributed by atoms with Crippen molar-refractivity contribution in [1.29, 1.82) is 0 Å². The van der Waals surface area contributed by atoms with E-state index < -0.39 is 0 Å². The van der Waals surface area contributed by atoms with Crippen LogP contribution in [0.1, 0.15) is 32.6 Å². The summed E-state index contributed by atoms with van der Waals surface area (Å²) >= 11 is 0. The van der Waals surface area contributed by atoms with E-state index in [2.05, 4.69) is 11.9 Å². The summed E-state index contributed by atoms with van der Waals surface area (Å²) in [6.07, 6.45) is 3.89. The topological polar surface area (TPSA) is 46.3 Å². The van der Waals surface area contributed by atoms with Gasteiger partial charge in [-0.3, -0.25) is 0 Å². The Morgan fingerprint density at radius 1 is 1.50 bits per heavy atom. The Morgan fingerprint density at radius 3 is 2.57 bits per heavy atom. The van der Waals surface area contributed by atoms with E-state index in [4.69, 9.17) is 5.73 Å². The SMILES string of the molecule is CC(=O)CCC(N)C1CCN(C)CC1. The minimum Gasteiger partial charge on any atom is -0.327 e. The van der Waals surface area contributed by atoms with Gasteiger partial charge in [-0.15, -0.1) is 0 Å². The average molecular weight is 198 g/mol. The van der Waals surface area contributed by atoms with Crippen molar-refractivity contribution in [1.82, 2.24) is 4.90 Å². The zero-order chi connectivity index (χ0) is 10.6. The second kappa shape index (κ2) is 5.47. The smallest absolute Gasteiger partial charge is 0.129 e. The van der Waals surface area contributed by atoms with Crippen LogP contribution < -0.4 is 5.73 Å². The summed E-state index contributed by atoms with van der Waals surface area (Å²) in [4.78, 5) is 13.2. The third-order valence-electron chi connectivity index (χ3n) is 3.20. The molecule has 1 aliphatic rings. The molecule has 1 aliphatic heterocycles. The van der Waals surface area contributed by atoms with E-state index in [0.29, 0.717) is 12.3 Å². The van der Waals surface area contributed by atoms with Gasteiger partial charge in [0.2, 0.25) is 0 Å². The third kappa shape index (κ3) is 3.76. The molecule has 1 rings (SSSR count). The number of nitrogens with zero attached hydrogens (tertiary/aromatic N) is 1. The molecule has 0 bridgehead atoms. The maximum atomic E-state index is 10.8. The minimum atomic E-state index is 0.229. The Morgan fingerprint density at radius 2 is 2.07 bits per heavy atom. The molecule has 1 unspecified atom stereocenters. The highest BCUT2D eigenvalue weighted by Crippen LogP contribution is 2.20. The van der Waals surface area contributed by atoms with E-state index in [0.717, 1.165) is 19.5 Å². The van der Waals surface area contributed by atoms with Crippen LogP contribution in [0.5, 0.6) is 0 Å². The van der Waals surface area contributed by atoms with Crippen LogP contribution in [0.2, 0.25) is 0 Å². The van der Waals surface area contributed by atoms with Gasteiger partial charge in [-0.25, -0.2) is 0 Å². The van der Waals surface area contributed by atoms with Crippen LogP contribution in [0.4, 0.5) is 0 Å². The Labute approximate surface area is 86.6 Å². The van der Waals surface area contributed by atoms with Gasteiger partial charge in [-0.2, -0.15) is 0 Å². The second-order valence-corrected chi connectivity index (χ2v) is 4.55. The standard InChI is InChI=1S/C11H22N2O/c1-9(14)3-4-11(12)10-5-7-13(2)8-6-10/h10-11H,3-8,12H2,1-2H3. The van der Waals surface area contributed by atoms with E-state index in [1.807, 2.05) is 0 Å². The van der Waals surface area contributed by atoms with Gasteiger partial charge in [0.05, 0.1) is 0 Å². The van der Waals surface area contributed by atoms with Crippen LogP contribution in [0.3, 0.4) is 0 Å². The van der Waals surface area contributed by atoms with Crippen molar-refractivity contribution in [3.8, 4) is 0 Å². The predicted octanol–water partition coefficient (Wildman–Crippen LogP) is 1.02. The van der Waals surface area contributed by atoms with Gasteiger partial charge in [-0.05, 0) is 52.2 Å². The maximum Gasteiger partial charge on any atom is 0.129 e. The fraction of sp³-hybridized carbons (Fsp3) is 0.909. The van der Waals surface area contributed by atoms with Gasteiger partial charge in [0, 0.05) is 12.5 Å². The highest BCUT2D eigenvalue weighted by atomic mass is 16.1. The molecule has 0 spiro atoms. The lowest BCUT2D eigenvalue weighted by Gasteiger charge is -2.32.